The zero-order chi connectivity index (χ0) is 13.7. The highest BCUT2D eigenvalue weighted by molar-refractivity contribution is 6.00. The van der Waals surface area contributed by atoms with Crippen LogP contribution in [0.1, 0.15) is 29.6 Å². The van der Waals surface area contributed by atoms with Gasteiger partial charge in [0.05, 0.1) is 11.3 Å². The number of hydrogen-bond acceptors (Lipinski definition) is 3. The van der Waals surface area contributed by atoms with Gasteiger partial charge in [-0.15, -0.1) is 0 Å². The number of anilines is 1. The second-order valence-corrected chi connectivity index (χ2v) is 4.80. The average Bonchev–Trinajstić information content (AvgIpc) is 2.90. The number of nitrogens with one attached hydrogen (secondary N) is 2. The lowest BCUT2D eigenvalue weighted by Gasteiger charge is -2.10. The molecule has 19 heavy (non-hydrogen) atoms. The van der Waals surface area contributed by atoms with E-state index < -0.39 is 5.97 Å². The third-order valence-corrected chi connectivity index (χ3v) is 3.37. The second-order valence-electron chi connectivity index (χ2n) is 4.80. The molecule has 1 fully saturated rings. The largest absolute Gasteiger partial charge is 0.478 e. The highest BCUT2D eigenvalue weighted by Crippen LogP contribution is 2.17. The highest BCUT2D eigenvalue weighted by Gasteiger charge is 2.16. The van der Waals surface area contributed by atoms with Gasteiger partial charge < -0.3 is 15.7 Å². The van der Waals surface area contributed by atoms with E-state index in [0.717, 1.165) is 25.9 Å². The van der Waals surface area contributed by atoms with Crippen LogP contribution in [0.25, 0.3) is 0 Å². The van der Waals surface area contributed by atoms with E-state index in [4.69, 9.17) is 5.11 Å². The van der Waals surface area contributed by atoms with Gasteiger partial charge in [-0.2, -0.15) is 0 Å². The minimum atomic E-state index is -1.03. The number of carboxylic acids is 1. The molecule has 2 rings (SSSR count). The third-order valence-electron chi connectivity index (χ3n) is 3.37. The molecule has 1 aromatic rings. The summed E-state index contributed by atoms with van der Waals surface area (Å²) in [5.41, 5.74) is 0.489. The van der Waals surface area contributed by atoms with Crippen LogP contribution in [0.4, 0.5) is 5.69 Å². The summed E-state index contributed by atoms with van der Waals surface area (Å²) in [6.45, 7) is 1.99. The summed E-state index contributed by atoms with van der Waals surface area (Å²) in [4.78, 5) is 22.8. The van der Waals surface area contributed by atoms with Crippen molar-refractivity contribution >= 4 is 17.6 Å². The van der Waals surface area contributed by atoms with Crippen molar-refractivity contribution in [1.29, 1.82) is 0 Å². The van der Waals surface area contributed by atoms with Gasteiger partial charge in [-0.05, 0) is 44.0 Å². The Labute approximate surface area is 112 Å². The Morgan fingerprint density at radius 3 is 2.84 bits per heavy atom. The molecule has 0 aromatic heterocycles. The minimum absolute atomic E-state index is 0.124. The van der Waals surface area contributed by atoms with Crippen LogP contribution >= 0.6 is 0 Å². The summed E-state index contributed by atoms with van der Waals surface area (Å²) in [5.74, 6) is -0.600. The summed E-state index contributed by atoms with van der Waals surface area (Å²) < 4.78 is 0. The van der Waals surface area contributed by atoms with Crippen molar-refractivity contribution in [1.82, 2.24) is 5.32 Å². The maximum Gasteiger partial charge on any atom is 0.337 e. The van der Waals surface area contributed by atoms with E-state index in [1.807, 2.05) is 0 Å². The second kappa shape index (κ2) is 6.33. The molecular weight excluding hydrogens is 244 g/mol. The molecule has 1 aromatic carbocycles. The number of para-hydroxylation sites is 1. The van der Waals surface area contributed by atoms with Crippen LogP contribution in [0, 0.1) is 5.92 Å². The molecule has 5 heteroatoms. The van der Waals surface area contributed by atoms with Crippen molar-refractivity contribution in [2.75, 3.05) is 18.4 Å². The average molecular weight is 262 g/mol. The van der Waals surface area contributed by atoms with Crippen molar-refractivity contribution in [3.05, 3.63) is 29.8 Å². The van der Waals surface area contributed by atoms with Gasteiger partial charge in [0.25, 0.3) is 0 Å². The lowest BCUT2D eigenvalue weighted by molar-refractivity contribution is -0.116. The molecule has 1 saturated heterocycles. The number of carbonyl (C=O) groups is 2. The van der Waals surface area contributed by atoms with Gasteiger partial charge in [0.2, 0.25) is 5.91 Å². The zero-order valence-corrected chi connectivity index (χ0v) is 10.7. The van der Waals surface area contributed by atoms with Gasteiger partial charge in [-0.3, -0.25) is 4.79 Å². The lowest BCUT2D eigenvalue weighted by Crippen LogP contribution is -2.16. The quantitative estimate of drug-likeness (QED) is 0.755. The standard InChI is InChI=1S/C14H18N2O3/c17-13(6-5-10-7-8-15-9-10)16-12-4-2-1-3-11(12)14(18)19/h1-4,10,15H,5-9H2,(H,16,17)(H,18,19). The van der Waals surface area contributed by atoms with Gasteiger partial charge >= 0.3 is 5.97 Å². The Morgan fingerprint density at radius 1 is 1.37 bits per heavy atom. The van der Waals surface area contributed by atoms with Crippen molar-refractivity contribution < 1.29 is 14.7 Å². The maximum atomic E-state index is 11.8. The van der Waals surface area contributed by atoms with Crippen LogP contribution in [0.2, 0.25) is 0 Å². The SMILES string of the molecule is O=C(CCC1CCNC1)Nc1ccccc1C(=O)O. The molecule has 0 saturated carbocycles. The fourth-order valence-corrected chi connectivity index (χ4v) is 2.29. The van der Waals surface area contributed by atoms with Crippen molar-refractivity contribution in [2.45, 2.75) is 19.3 Å². The van der Waals surface area contributed by atoms with Gasteiger partial charge in [-0.1, -0.05) is 12.1 Å². The first-order chi connectivity index (χ1) is 9.16. The molecule has 1 aliphatic rings. The Balaban J connectivity index is 1.89. The predicted octanol–water partition coefficient (Wildman–Crippen LogP) is 1.71. The van der Waals surface area contributed by atoms with E-state index in [1.54, 1.807) is 18.2 Å². The first-order valence-corrected chi connectivity index (χ1v) is 6.49. The molecule has 0 aliphatic carbocycles. The Hall–Kier alpha value is -1.88. The van der Waals surface area contributed by atoms with E-state index in [0.29, 0.717) is 18.0 Å². The van der Waals surface area contributed by atoms with Crippen LogP contribution in [-0.4, -0.2) is 30.1 Å². The molecule has 5 nitrogen and oxygen atoms in total. The molecule has 1 heterocycles. The molecular formula is C14H18N2O3. The Kier molecular flexibility index (Phi) is 4.52. The van der Waals surface area contributed by atoms with Gasteiger partial charge in [-0.25, -0.2) is 4.79 Å². The van der Waals surface area contributed by atoms with E-state index in [2.05, 4.69) is 10.6 Å². The van der Waals surface area contributed by atoms with Crippen LogP contribution in [0.15, 0.2) is 24.3 Å². The normalized spacial score (nSPS) is 18.2. The van der Waals surface area contributed by atoms with Crippen molar-refractivity contribution in [3.63, 3.8) is 0 Å². The highest BCUT2D eigenvalue weighted by atomic mass is 16.4. The van der Waals surface area contributed by atoms with Crippen molar-refractivity contribution in [3.8, 4) is 0 Å². The number of amides is 1. The van der Waals surface area contributed by atoms with Crippen LogP contribution in [0.5, 0.6) is 0 Å². The Morgan fingerprint density at radius 2 is 2.16 bits per heavy atom. The zero-order valence-electron chi connectivity index (χ0n) is 10.7. The fourth-order valence-electron chi connectivity index (χ4n) is 2.29. The molecule has 0 radical (unpaired) electrons. The van der Waals surface area contributed by atoms with Crippen LogP contribution < -0.4 is 10.6 Å². The van der Waals surface area contributed by atoms with Crippen molar-refractivity contribution in [2.24, 2.45) is 5.92 Å². The molecule has 1 aliphatic heterocycles. The van der Waals surface area contributed by atoms with Gasteiger partial charge in [0.1, 0.15) is 0 Å². The summed E-state index contributed by atoms with van der Waals surface area (Å²) in [7, 11) is 0. The first kappa shape index (κ1) is 13.5. The number of hydrogen-bond donors (Lipinski definition) is 3. The fraction of sp³-hybridized carbons (Fsp3) is 0.429. The van der Waals surface area contributed by atoms with Crippen LogP contribution in [0.3, 0.4) is 0 Å². The third kappa shape index (κ3) is 3.79. The number of benzene rings is 1. The van der Waals surface area contributed by atoms with Gasteiger partial charge in [0.15, 0.2) is 0 Å². The number of rotatable bonds is 5. The maximum absolute atomic E-state index is 11.8. The number of aromatic carboxylic acids is 1. The Bertz CT molecular complexity index is 468. The molecule has 3 N–H and O–H groups in total. The van der Waals surface area contributed by atoms with E-state index in [1.165, 1.54) is 6.07 Å². The van der Waals surface area contributed by atoms with E-state index >= 15 is 0 Å². The molecule has 1 unspecified atom stereocenters. The summed E-state index contributed by atoms with van der Waals surface area (Å²) >= 11 is 0. The van der Waals surface area contributed by atoms with E-state index in [9.17, 15) is 9.59 Å². The molecule has 1 atom stereocenters. The van der Waals surface area contributed by atoms with E-state index in [-0.39, 0.29) is 11.5 Å². The minimum Gasteiger partial charge on any atom is -0.478 e. The first-order valence-electron chi connectivity index (χ1n) is 6.49. The summed E-state index contributed by atoms with van der Waals surface area (Å²) in [5, 5.41) is 15.0. The topological polar surface area (TPSA) is 78.4 Å². The van der Waals surface area contributed by atoms with Gasteiger partial charge in [0, 0.05) is 6.42 Å². The number of carboxylic acid groups (broad SMARTS) is 1. The lowest BCUT2D eigenvalue weighted by atomic mass is 10.0. The molecule has 0 bridgehead atoms. The summed E-state index contributed by atoms with van der Waals surface area (Å²) in [6.07, 6.45) is 2.38. The van der Waals surface area contributed by atoms with Crippen LogP contribution in [-0.2, 0) is 4.79 Å². The number of carbonyl (C=O) groups excluding carboxylic acids is 1. The monoisotopic (exact) mass is 262 g/mol. The smallest absolute Gasteiger partial charge is 0.337 e. The summed E-state index contributed by atoms with van der Waals surface area (Å²) in [6, 6.07) is 6.45. The predicted molar refractivity (Wildman–Crippen MR) is 72.2 cm³/mol. The molecule has 1 amide bonds. The molecule has 102 valence electrons. The molecule has 0 spiro atoms.